The van der Waals surface area contributed by atoms with E-state index in [1.807, 2.05) is 21.9 Å². The molecule has 210 valence electrons. The van der Waals surface area contributed by atoms with E-state index in [0.717, 1.165) is 40.6 Å². The van der Waals surface area contributed by atoms with Gasteiger partial charge in [0, 0.05) is 43.2 Å². The number of halogens is 4. The molecular formula is C26H31F3IN7O2. The number of piperazine rings is 1. The predicted octanol–water partition coefficient (Wildman–Crippen LogP) is 3.87. The van der Waals surface area contributed by atoms with Crippen LogP contribution in [0.3, 0.4) is 0 Å². The summed E-state index contributed by atoms with van der Waals surface area (Å²) >= 11 is 2.32. The van der Waals surface area contributed by atoms with Crippen molar-refractivity contribution in [2.75, 3.05) is 55.2 Å². The van der Waals surface area contributed by atoms with Crippen molar-refractivity contribution in [1.82, 2.24) is 29.6 Å². The minimum absolute atomic E-state index is 0.0701. The lowest BCUT2D eigenvalue weighted by atomic mass is 9.89. The lowest BCUT2D eigenvalue weighted by molar-refractivity contribution is -0.146. The third kappa shape index (κ3) is 6.39. The quantitative estimate of drug-likeness (QED) is 0.269. The molecule has 4 heterocycles. The molecule has 3 aromatic rings. The van der Waals surface area contributed by atoms with Crippen LogP contribution in [-0.4, -0.2) is 91.9 Å². The summed E-state index contributed by atoms with van der Waals surface area (Å²) < 4.78 is 47.3. The minimum atomic E-state index is -4.62. The molecule has 9 nitrogen and oxygen atoms in total. The number of nitrogens with zero attached hydrogens (tertiary/aromatic N) is 7. The normalized spacial score (nSPS) is 18.6. The van der Waals surface area contributed by atoms with E-state index >= 15 is 0 Å². The molecule has 0 N–H and O–H groups in total. The molecule has 0 saturated carbocycles. The number of anilines is 1. The van der Waals surface area contributed by atoms with Gasteiger partial charge in [-0.3, -0.25) is 9.69 Å². The number of piperidine rings is 1. The molecule has 1 amide bonds. The monoisotopic (exact) mass is 657 g/mol. The molecule has 2 aliphatic rings. The smallest absolute Gasteiger partial charge is 0.453 e. The SMILES string of the molecule is CC(CI)N1CCN(CCOc2ccc(C3CCN(c4ccc5nnc(C(F)(F)F)n5n4)CC3)cc2)CC1=O. The third-order valence-corrected chi connectivity index (χ3v) is 8.72. The molecule has 0 bridgehead atoms. The lowest BCUT2D eigenvalue weighted by Crippen LogP contribution is -2.54. The first kappa shape index (κ1) is 27.9. The molecular weight excluding hydrogens is 626 g/mol. The Labute approximate surface area is 238 Å². The fourth-order valence-corrected chi connectivity index (χ4v) is 5.65. The first-order valence-electron chi connectivity index (χ1n) is 13.1. The molecule has 39 heavy (non-hydrogen) atoms. The van der Waals surface area contributed by atoms with E-state index in [0.29, 0.717) is 44.5 Å². The van der Waals surface area contributed by atoms with E-state index < -0.39 is 12.0 Å². The van der Waals surface area contributed by atoms with Crippen molar-refractivity contribution in [1.29, 1.82) is 0 Å². The number of hydrogen-bond acceptors (Lipinski definition) is 7. The Balaban J connectivity index is 1.10. The van der Waals surface area contributed by atoms with Gasteiger partial charge in [0.05, 0.1) is 6.54 Å². The summed E-state index contributed by atoms with van der Waals surface area (Å²) in [5.74, 6) is 0.701. The summed E-state index contributed by atoms with van der Waals surface area (Å²) in [4.78, 5) is 18.5. The van der Waals surface area contributed by atoms with E-state index in [2.05, 4.69) is 61.8 Å². The number of aromatic nitrogens is 4. The number of alkyl halides is 4. The number of benzene rings is 1. The van der Waals surface area contributed by atoms with Gasteiger partial charge in [-0.25, -0.2) is 0 Å². The Morgan fingerprint density at radius 1 is 1.05 bits per heavy atom. The molecule has 0 aliphatic carbocycles. The Kier molecular flexibility index (Phi) is 8.45. The van der Waals surface area contributed by atoms with E-state index in [1.165, 1.54) is 11.6 Å². The number of fused-ring (bicyclic) bond motifs is 1. The van der Waals surface area contributed by atoms with Crippen LogP contribution in [0.15, 0.2) is 36.4 Å². The molecule has 2 saturated heterocycles. The highest BCUT2D eigenvalue weighted by Gasteiger charge is 2.38. The topological polar surface area (TPSA) is 79.1 Å². The van der Waals surface area contributed by atoms with Gasteiger partial charge in [-0.1, -0.05) is 34.7 Å². The van der Waals surface area contributed by atoms with Crippen molar-refractivity contribution >= 4 is 40.0 Å². The molecule has 5 rings (SSSR count). The van der Waals surface area contributed by atoms with Gasteiger partial charge in [0.15, 0.2) is 5.65 Å². The number of rotatable bonds is 8. The summed E-state index contributed by atoms with van der Waals surface area (Å²) in [6.45, 7) is 6.75. The minimum Gasteiger partial charge on any atom is -0.492 e. The van der Waals surface area contributed by atoms with Crippen molar-refractivity contribution in [2.45, 2.75) is 37.9 Å². The van der Waals surface area contributed by atoms with E-state index in [4.69, 9.17) is 4.74 Å². The lowest BCUT2D eigenvalue weighted by Gasteiger charge is -2.37. The maximum Gasteiger partial charge on any atom is 0.453 e. The number of carbonyl (C=O) groups is 1. The van der Waals surface area contributed by atoms with Gasteiger partial charge in [-0.05, 0) is 55.5 Å². The molecule has 1 aromatic carbocycles. The van der Waals surface area contributed by atoms with Crippen molar-refractivity contribution in [3.8, 4) is 5.75 Å². The van der Waals surface area contributed by atoms with Crippen LogP contribution in [0.2, 0.25) is 0 Å². The van der Waals surface area contributed by atoms with E-state index in [9.17, 15) is 18.0 Å². The third-order valence-electron chi connectivity index (χ3n) is 7.44. The van der Waals surface area contributed by atoms with Crippen LogP contribution in [0.1, 0.15) is 37.1 Å². The summed E-state index contributed by atoms with van der Waals surface area (Å²) in [6.07, 6.45) is -2.88. The van der Waals surface area contributed by atoms with Crippen LogP contribution in [0.25, 0.3) is 5.65 Å². The maximum absolute atomic E-state index is 13.2. The molecule has 0 radical (unpaired) electrons. The average Bonchev–Trinajstić information content (AvgIpc) is 3.37. The fourth-order valence-electron chi connectivity index (χ4n) is 5.17. The van der Waals surface area contributed by atoms with Crippen LogP contribution in [-0.2, 0) is 11.0 Å². The van der Waals surface area contributed by atoms with Crippen LogP contribution < -0.4 is 9.64 Å². The molecule has 1 atom stereocenters. The zero-order valence-electron chi connectivity index (χ0n) is 21.6. The molecule has 2 fully saturated rings. The molecule has 13 heteroatoms. The largest absolute Gasteiger partial charge is 0.492 e. The predicted molar refractivity (Wildman–Crippen MR) is 148 cm³/mol. The number of hydrogen-bond donors (Lipinski definition) is 0. The van der Waals surface area contributed by atoms with Crippen molar-refractivity contribution in [3.05, 3.63) is 47.8 Å². The number of ether oxygens (including phenoxy) is 1. The zero-order chi connectivity index (χ0) is 27.6. The second-order valence-electron chi connectivity index (χ2n) is 10.0. The van der Waals surface area contributed by atoms with Crippen LogP contribution >= 0.6 is 22.6 Å². The average molecular weight is 657 g/mol. The van der Waals surface area contributed by atoms with Crippen molar-refractivity contribution < 1.29 is 22.7 Å². The molecule has 2 aliphatic heterocycles. The molecule has 0 spiro atoms. The summed E-state index contributed by atoms with van der Waals surface area (Å²) in [5.41, 5.74) is 1.29. The number of carbonyl (C=O) groups excluding carboxylic acids is 1. The first-order chi connectivity index (χ1) is 18.7. The second kappa shape index (κ2) is 11.8. The summed E-state index contributed by atoms with van der Waals surface area (Å²) in [5, 5.41) is 11.0. The Bertz CT molecular complexity index is 1280. The van der Waals surface area contributed by atoms with Gasteiger partial charge in [-0.2, -0.15) is 17.7 Å². The van der Waals surface area contributed by atoms with Gasteiger partial charge in [0.25, 0.3) is 5.82 Å². The fraction of sp³-hybridized carbons (Fsp3) is 0.538. The van der Waals surface area contributed by atoms with Crippen LogP contribution in [0.5, 0.6) is 5.75 Å². The maximum atomic E-state index is 13.2. The Hall–Kier alpha value is -2.68. The van der Waals surface area contributed by atoms with E-state index in [-0.39, 0.29) is 17.6 Å². The molecule has 1 unspecified atom stereocenters. The summed E-state index contributed by atoms with van der Waals surface area (Å²) in [7, 11) is 0. The van der Waals surface area contributed by atoms with Crippen LogP contribution in [0, 0.1) is 0 Å². The summed E-state index contributed by atoms with van der Waals surface area (Å²) in [6, 6.07) is 11.6. The Morgan fingerprint density at radius 2 is 1.79 bits per heavy atom. The standard InChI is InChI=1S/C26H31F3IN7O2/c1-18(16-30)36-13-12-34(17-24(36)38)14-15-39-21-4-2-19(3-5-21)20-8-10-35(11-9-20)23-7-6-22-31-32-25(26(27,28)29)37(22)33-23/h2-7,18,20H,8-17H2,1H3. The van der Waals surface area contributed by atoms with E-state index in [1.54, 1.807) is 6.07 Å². The van der Waals surface area contributed by atoms with Gasteiger partial charge in [0.1, 0.15) is 18.2 Å². The van der Waals surface area contributed by atoms with Gasteiger partial charge < -0.3 is 14.5 Å². The van der Waals surface area contributed by atoms with Gasteiger partial charge in [0.2, 0.25) is 5.91 Å². The van der Waals surface area contributed by atoms with Crippen molar-refractivity contribution in [2.24, 2.45) is 0 Å². The molecule has 2 aromatic heterocycles. The second-order valence-corrected chi connectivity index (χ2v) is 10.9. The highest BCUT2D eigenvalue weighted by Crippen LogP contribution is 2.32. The van der Waals surface area contributed by atoms with Crippen molar-refractivity contribution in [3.63, 3.8) is 0 Å². The Morgan fingerprint density at radius 3 is 2.46 bits per heavy atom. The zero-order valence-corrected chi connectivity index (χ0v) is 23.8. The van der Waals surface area contributed by atoms with Gasteiger partial charge >= 0.3 is 6.18 Å². The first-order valence-corrected chi connectivity index (χ1v) is 14.6. The van der Waals surface area contributed by atoms with Gasteiger partial charge in [-0.15, -0.1) is 15.3 Å². The van der Waals surface area contributed by atoms with Crippen LogP contribution in [0.4, 0.5) is 19.0 Å². The highest BCUT2D eigenvalue weighted by molar-refractivity contribution is 14.1. The highest BCUT2D eigenvalue weighted by atomic mass is 127. The number of amides is 1.